The Kier molecular flexibility index (Phi) is 8.02. The Balaban J connectivity index is 1.50. The highest BCUT2D eigenvalue weighted by molar-refractivity contribution is 7.89. The molecule has 0 bridgehead atoms. The number of aryl methyl sites for hydroxylation is 1. The van der Waals surface area contributed by atoms with E-state index in [0.29, 0.717) is 36.2 Å². The third kappa shape index (κ3) is 6.35. The molecule has 0 saturated carbocycles. The van der Waals surface area contributed by atoms with Gasteiger partial charge in [-0.2, -0.15) is 4.31 Å². The third-order valence-electron chi connectivity index (χ3n) is 6.01. The monoisotopic (exact) mass is 531 g/mol. The van der Waals surface area contributed by atoms with Gasteiger partial charge in [0.05, 0.1) is 11.4 Å². The molecule has 1 aliphatic heterocycles. The fourth-order valence-electron chi connectivity index (χ4n) is 4.13. The van der Waals surface area contributed by atoms with E-state index in [4.69, 9.17) is 23.2 Å². The number of rotatable bonds is 7. The number of hydrogen-bond acceptors (Lipinski definition) is 4. The summed E-state index contributed by atoms with van der Waals surface area (Å²) in [5.74, 6) is -0.221. The van der Waals surface area contributed by atoms with Crippen LogP contribution in [0.1, 0.15) is 11.1 Å². The number of amides is 1. The summed E-state index contributed by atoms with van der Waals surface area (Å²) in [5, 5.41) is 1.11. The first kappa shape index (κ1) is 25.5. The molecular weight excluding hydrogens is 505 g/mol. The molecule has 0 unspecified atom stereocenters. The second kappa shape index (κ2) is 11.0. The van der Waals surface area contributed by atoms with Gasteiger partial charge in [-0.3, -0.25) is 4.79 Å². The molecule has 3 aromatic carbocycles. The number of carbonyl (C=O) groups excluding carboxylic acids is 1. The zero-order valence-corrected chi connectivity index (χ0v) is 21.7. The van der Waals surface area contributed by atoms with Gasteiger partial charge in [-0.15, -0.1) is 0 Å². The van der Waals surface area contributed by atoms with E-state index in [-0.39, 0.29) is 23.9 Å². The van der Waals surface area contributed by atoms with E-state index in [1.165, 1.54) is 28.6 Å². The summed E-state index contributed by atoms with van der Waals surface area (Å²) in [6.07, 6.45) is 0. The first-order valence-corrected chi connectivity index (χ1v) is 13.5. The van der Waals surface area contributed by atoms with Gasteiger partial charge in [-0.05, 0) is 55.0 Å². The summed E-state index contributed by atoms with van der Waals surface area (Å²) >= 11 is 12.1. The molecule has 1 heterocycles. The highest BCUT2D eigenvalue weighted by Crippen LogP contribution is 2.23. The van der Waals surface area contributed by atoms with Crippen molar-refractivity contribution in [2.75, 3.05) is 37.6 Å². The van der Waals surface area contributed by atoms with Crippen molar-refractivity contribution in [1.29, 1.82) is 0 Å². The van der Waals surface area contributed by atoms with E-state index in [1.807, 2.05) is 55.5 Å². The summed E-state index contributed by atoms with van der Waals surface area (Å²) in [5.41, 5.74) is 2.85. The van der Waals surface area contributed by atoms with E-state index >= 15 is 0 Å². The summed E-state index contributed by atoms with van der Waals surface area (Å²) in [4.78, 5) is 17.3. The molecule has 184 valence electrons. The average molecular weight is 532 g/mol. The second-order valence-corrected chi connectivity index (χ2v) is 11.4. The van der Waals surface area contributed by atoms with Gasteiger partial charge in [0.1, 0.15) is 0 Å². The Bertz CT molecular complexity index is 1290. The van der Waals surface area contributed by atoms with Crippen LogP contribution in [-0.4, -0.2) is 56.3 Å². The average Bonchev–Trinajstić information content (AvgIpc) is 2.84. The van der Waals surface area contributed by atoms with Gasteiger partial charge in [0, 0.05) is 48.5 Å². The number of carbonyl (C=O) groups is 1. The fourth-order valence-corrected chi connectivity index (χ4v) is 5.82. The largest absolute Gasteiger partial charge is 0.368 e. The normalized spacial score (nSPS) is 14.4. The van der Waals surface area contributed by atoms with E-state index < -0.39 is 10.0 Å². The van der Waals surface area contributed by atoms with Crippen LogP contribution in [0, 0.1) is 6.92 Å². The maximum absolute atomic E-state index is 13.5. The molecule has 0 aliphatic carbocycles. The summed E-state index contributed by atoms with van der Waals surface area (Å²) < 4.78 is 28.3. The van der Waals surface area contributed by atoms with Gasteiger partial charge in [-0.25, -0.2) is 8.42 Å². The highest BCUT2D eigenvalue weighted by atomic mass is 35.5. The van der Waals surface area contributed by atoms with Gasteiger partial charge in [-0.1, -0.05) is 59.1 Å². The van der Waals surface area contributed by atoms with Crippen molar-refractivity contribution in [3.05, 3.63) is 94.0 Å². The molecule has 3 aromatic rings. The van der Waals surface area contributed by atoms with Crippen molar-refractivity contribution in [3.8, 4) is 0 Å². The Hall–Kier alpha value is -2.58. The minimum Gasteiger partial charge on any atom is -0.368 e. The number of hydrogen-bond donors (Lipinski definition) is 0. The molecule has 1 amide bonds. The Labute approximate surface area is 216 Å². The van der Waals surface area contributed by atoms with E-state index in [1.54, 1.807) is 4.90 Å². The number of anilines is 1. The number of benzene rings is 3. The van der Waals surface area contributed by atoms with Crippen LogP contribution < -0.4 is 4.90 Å². The van der Waals surface area contributed by atoms with Crippen molar-refractivity contribution in [2.45, 2.75) is 18.4 Å². The smallest absolute Gasteiger partial charge is 0.243 e. The standard InChI is InChI=1S/C26H27Cl2N3O3S/c1-20-4-2-5-21(16-20)18-31(35(33,34)25-10-8-22(27)9-11-25)19-26(32)30-14-12-29(13-15-30)24-7-3-6-23(28)17-24/h2-11,16-17H,12-15,18-19H2,1H3. The van der Waals surface area contributed by atoms with Crippen LogP contribution in [0.2, 0.25) is 10.0 Å². The molecule has 0 atom stereocenters. The van der Waals surface area contributed by atoms with E-state index in [0.717, 1.165) is 16.8 Å². The van der Waals surface area contributed by atoms with Gasteiger partial charge in [0.25, 0.3) is 0 Å². The minimum absolute atomic E-state index is 0.0981. The molecule has 9 heteroatoms. The molecule has 0 spiro atoms. The van der Waals surface area contributed by atoms with Crippen molar-refractivity contribution in [1.82, 2.24) is 9.21 Å². The number of sulfonamides is 1. The molecule has 1 fully saturated rings. The van der Waals surface area contributed by atoms with Gasteiger partial charge in [0.2, 0.25) is 15.9 Å². The molecule has 1 aliphatic rings. The predicted octanol–water partition coefficient (Wildman–Crippen LogP) is 4.84. The molecule has 0 N–H and O–H groups in total. The van der Waals surface area contributed by atoms with Crippen molar-refractivity contribution in [2.24, 2.45) is 0 Å². The maximum Gasteiger partial charge on any atom is 0.243 e. The molecule has 35 heavy (non-hydrogen) atoms. The molecule has 1 saturated heterocycles. The maximum atomic E-state index is 13.5. The molecule has 0 radical (unpaired) electrons. The minimum atomic E-state index is -3.92. The predicted molar refractivity (Wildman–Crippen MR) is 140 cm³/mol. The summed E-state index contributed by atoms with van der Waals surface area (Å²) in [6, 6.07) is 21.3. The lowest BCUT2D eigenvalue weighted by atomic mass is 10.1. The first-order valence-electron chi connectivity index (χ1n) is 11.3. The zero-order chi connectivity index (χ0) is 25.0. The van der Waals surface area contributed by atoms with Crippen LogP contribution in [0.3, 0.4) is 0 Å². The number of nitrogens with zero attached hydrogens (tertiary/aromatic N) is 3. The number of piperazine rings is 1. The molecular formula is C26H27Cl2N3O3S. The zero-order valence-electron chi connectivity index (χ0n) is 19.4. The van der Waals surface area contributed by atoms with Crippen LogP contribution in [0.4, 0.5) is 5.69 Å². The van der Waals surface area contributed by atoms with Gasteiger partial charge in [0.15, 0.2) is 0 Å². The lowest BCUT2D eigenvalue weighted by Crippen LogP contribution is -2.51. The second-order valence-electron chi connectivity index (χ2n) is 8.56. The quantitative estimate of drug-likeness (QED) is 0.437. The summed E-state index contributed by atoms with van der Waals surface area (Å²) in [6.45, 7) is 4.11. The van der Waals surface area contributed by atoms with E-state index in [2.05, 4.69) is 4.90 Å². The Morgan fingerprint density at radius 1 is 0.886 bits per heavy atom. The van der Waals surface area contributed by atoms with Crippen LogP contribution in [0.15, 0.2) is 77.7 Å². The van der Waals surface area contributed by atoms with Crippen LogP contribution in [0.5, 0.6) is 0 Å². The van der Waals surface area contributed by atoms with E-state index in [9.17, 15) is 13.2 Å². The fraction of sp³-hybridized carbons (Fsp3) is 0.269. The SMILES string of the molecule is Cc1cccc(CN(CC(=O)N2CCN(c3cccc(Cl)c3)CC2)S(=O)(=O)c2ccc(Cl)cc2)c1. The lowest BCUT2D eigenvalue weighted by Gasteiger charge is -2.37. The van der Waals surface area contributed by atoms with Crippen molar-refractivity contribution in [3.63, 3.8) is 0 Å². The van der Waals surface area contributed by atoms with Gasteiger partial charge < -0.3 is 9.80 Å². The molecule has 6 nitrogen and oxygen atoms in total. The Morgan fingerprint density at radius 2 is 1.57 bits per heavy atom. The van der Waals surface area contributed by atoms with Crippen LogP contribution >= 0.6 is 23.2 Å². The van der Waals surface area contributed by atoms with Gasteiger partial charge >= 0.3 is 0 Å². The van der Waals surface area contributed by atoms with Crippen LogP contribution in [-0.2, 0) is 21.4 Å². The molecule has 0 aromatic heterocycles. The molecule has 4 rings (SSSR count). The topological polar surface area (TPSA) is 60.9 Å². The van der Waals surface area contributed by atoms with Crippen molar-refractivity contribution >= 4 is 44.8 Å². The van der Waals surface area contributed by atoms with Crippen molar-refractivity contribution < 1.29 is 13.2 Å². The summed E-state index contributed by atoms with van der Waals surface area (Å²) in [7, 11) is -3.92. The van der Waals surface area contributed by atoms with Crippen LogP contribution in [0.25, 0.3) is 0 Å². The lowest BCUT2D eigenvalue weighted by molar-refractivity contribution is -0.131. The first-order chi connectivity index (χ1) is 16.7. The number of halogens is 2. The highest BCUT2D eigenvalue weighted by Gasteiger charge is 2.30. The Morgan fingerprint density at radius 3 is 2.23 bits per heavy atom. The third-order valence-corrected chi connectivity index (χ3v) is 8.30.